The van der Waals surface area contributed by atoms with Crippen molar-refractivity contribution in [3.05, 3.63) is 57.8 Å². The molecular weight excluding hydrogens is 341 g/mol. The zero-order valence-corrected chi connectivity index (χ0v) is 12.8. The number of rotatable bonds is 4. The number of methoxy groups -OCH3 is 1. The Hall–Kier alpha value is -2.08. The van der Waals surface area contributed by atoms with E-state index in [4.69, 9.17) is 15.2 Å². The van der Waals surface area contributed by atoms with Crippen LogP contribution in [0.4, 0.5) is 10.1 Å². The van der Waals surface area contributed by atoms with Crippen LogP contribution < -0.4 is 10.5 Å². The number of carbonyl (C=O) groups excluding carboxylic acids is 1. The third-order valence-corrected chi connectivity index (χ3v) is 3.74. The Morgan fingerprint density at radius 3 is 2.76 bits per heavy atom. The maximum absolute atomic E-state index is 13.3. The number of nitrogens with two attached hydrogens (primary N) is 1. The van der Waals surface area contributed by atoms with Gasteiger partial charge in [0.1, 0.15) is 18.2 Å². The van der Waals surface area contributed by atoms with Crippen molar-refractivity contribution >= 4 is 27.6 Å². The Morgan fingerprint density at radius 2 is 2.10 bits per heavy atom. The largest absolute Gasteiger partial charge is 0.495 e. The molecule has 2 aromatic rings. The number of ether oxygens (including phenoxy) is 2. The maximum atomic E-state index is 13.3. The van der Waals surface area contributed by atoms with E-state index < -0.39 is 11.8 Å². The highest BCUT2D eigenvalue weighted by molar-refractivity contribution is 9.10. The number of nitrogen functional groups attached to an aromatic ring is 1. The van der Waals surface area contributed by atoms with Crippen LogP contribution >= 0.6 is 15.9 Å². The lowest BCUT2D eigenvalue weighted by atomic mass is 10.2. The minimum atomic E-state index is -0.541. The number of halogens is 2. The quantitative estimate of drug-likeness (QED) is 0.674. The van der Waals surface area contributed by atoms with E-state index in [1.807, 2.05) is 0 Å². The van der Waals surface area contributed by atoms with Crippen LogP contribution in [0.15, 0.2) is 40.9 Å². The molecule has 4 nitrogen and oxygen atoms in total. The first-order valence-corrected chi connectivity index (χ1v) is 6.85. The van der Waals surface area contributed by atoms with Gasteiger partial charge in [-0.1, -0.05) is 12.1 Å². The van der Waals surface area contributed by atoms with Crippen LogP contribution in [0.5, 0.6) is 5.75 Å². The Balaban J connectivity index is 2.08. The van der Waals surface area contributed by atoms with Crippen LogP contribution in [0.3, 0.4) is 0 Å². The summed E-state index contributed by atoms with van der Waals surface area (Å²) >= 11 is 3.11. The van der Waals surface area contributed by atoms with E-state index in [0.29, 0.717) is 22.6 Å². The number of anilines is 1. The van der Waals surface area contributed by atoms with Gasteiger partial charge in [0.25, 0.3) is 0 Å². The van der Waals surface area contributed by atoms with Crippen LogP contribution in [0.25, 0.3) is 0 Å². The number of hydrogen-bond donors (Lipinski definition) is 1. The van der Waals surface area contributed by atoms with E-state index in [1.165, 1.54) is 19.2 Å². The molecule has 0 heterocycles. The molecule has 0 spiro atoms. The normalized spacial score (nSPS) is 10.2. The van der Waals surface area contributed by atoms with Crippen molar-refractivity contribution in [3.8, 4) is 5.75 Å². The summed E-state index contributed by atoms with van der Waals surface area (Å²) in [5.74, 6) is -0.461. The minimum absolute atomic E-state index is 0.0386. The van der Waals surface area contributed by atoms with Crippen LogP contribution in [-0.2, 0) is 11.3 Å². The fourth-order valence-corrected chi connectivity index (χ4v) is 2.13. The van der Waals surface area contributed by atoms with Gasteiger partial charge >= 0.3 is 5.97 Å². The summed E-state index contributed by atoms with van der Waals surface area (Å²) < 4.78 is 23.8. The van der Waals surface area contributed by atoms with E-state index in [2.05, 4.69) is 15.9 Å². The molecule has 0 atom stereocenters. The second-order valence-corrected chi connectivity index (χ2v) is 5.04. The van der Waals surface area contributed by atoms with E-state index in [-0.39, 0.29) is 11.1 Å². The first kappa shape index (κ1) is 15.3. The molecule has 2 N–H and O–H groups in total. The van der Waals surface area contributed by atoms with E-state index in [1.54, 1.807) is 24.3 Å². The van der Waals surface area contributed by atoms with Crippen molar-refractivity contribution < 1.29 is 18.7 Å². The number of hydrogen-bond acceptors (Lipinski definition) is 4. The minimum Gasteiger partial charge on any atom is -0.495 e. The summed E-state index contributed by atoms with van der Waals surface area (Å²) in [5.41, 5.74) is 6.93. The molecule has 21 heavy (non-hydrogen) atoms. The van der Waals surface area contributed by atoms with Crippen molar-refractivity contribution in [2.45, 2.75) is 6.61 Å². The topological polar surface area (TPSA) is 61.5 Å². The molecule has 0 aliphatic heterocycles. The lowest BCUT2D eigenvalue weighted by molar-refractivity contribution is 0.0471. The third-order valence-electron chi connectivity index (χ3n) is 2.86. The molecule has 0 radical (unpaired) electrons. The molecule has 0 bridgehead atoms. The summed E-state index contributed by atoms with van der Waals surface area (Å²) in [6, 6.07) is 9.15. The first-order chi connectivity index (χ1) is 10.0. The zero-order chi connectivity index (χ0) is 15.4. The molecule has 0 aliphatic carbocycles. The molecule has 0 unspecified atom stereocenters. The molecule has 2 aromatic carbocycles. The Bertz CT molecular complexity index is 676. The lowest BCUT2D eigenvalue weighted by Crippen LogP contribution is -2.07. The highest BCUT2D eigenvalue weighted by Crippen LogP contribution is 2.24. The first-order valence-electron chi connectivity index (χ1n) is 6.06. The van der Waals surface area contributed by atoms with E-state index in [0.717, 1.165) is 0 Å². The highest BCUT2D eigenvalue weighted by atomic mass is 79.9. The summed E-state index contributed by atoms with van der Waals surface area (Å²) in [7, 11) is 1.49. The van der Waals surface area contributed by atoms with Crippen molar-refractivity contribution in [1.29, 1.82) is 0 Å². The summed E-state index contributed by atoms with van der Waals surface area (Å²) in [4.78, 5) is 11.9. The standard InChI is InChI=1S/C15H13BrFNO3/c1-20-13-6-5-9(7-12(13)18)15(19)21-8-10-3-2-4-11(17)14(10)16/h2-7H,8,18H2,1H3. The zero-order valence-electron chi connectivity index (χ0n) is 11.2. The van der Waals surface area contributed by atoms with Crippen LogP contribution in [0, 0.1) is 5.82 Å². The third kappa shape index (κ3) is 3.52. The van der Waals surface area contributed by atoms with Gasteiger partial charge in [0.05, 0.1) is 22.8 Å². The average Bonchev–Trinajstić information content (AvgIpc) is 2.48. The van der Waals surface area contributed by atoms with Crippen LogP contribution in [-0.4, -0.2) is 13.1 Å². The van der Waals surface area contributed by atoms with Gasteiger partial charge in [-0.3, -0.25) is 0 Å². The van der Waals surface area contributed by atoms with Gasteiger partial charge in [-0.25, -0.2) is 9.18 Å². The van der Waals surface area contributed by atoms with Gasteiger partial charge in [0.2, 0.25) is 0 Å². The van der Waals surface area contributed by atoms with Gasteiger partial charge < -0.3 is 15.2 Å². The Kier molecular flexibility index (Phi) is 4.80. The van der Waals surface area contributed by atoms with E-state index in [9.17, 15) is 9.18 Å². The fourth-order valence-electron chi connectivity index (χ4n) is 1.75. The molecule has 110 valence electrons. The van der Waals surface area contributed by atoms with Crippen LogP contribution in [0.2, 0.25) is 0 Å². The Labute approximate surface area is 129 Å². The predicted octanol–water partition coefficient (Wildman–Crippen LogP) is 3.54. The molecule has 0 amide bonds. The molecular formula is C15H13BrFNO3. The molecule has 0 aliphatic rings. The summed E-state index contributed by atoms with van der Waals surface area (Å²) in [5, 5.41) is 0. The number of esters is 1. The fraction of sp³-hybridized carbons (Fsp3) is 0.133. The van der Waals surface area contributed by atoms with Crippen molar-refractivity contribution in [2.75, 3.05) is 12.8 Å². The predicted molar refractivity (Wildman–Crippen MR) is 80.6 cm³/mol. The molecule has 2 rings (SSSR count). The lowest BCUT2D eigenvalue weighted by Gasteiger charge is -2.09. The summed E-state index contributed by atoms with van der Waals surface area (Å²) in [6.07, 6.45) is 0. The van der Waals surface area contributed by atoms with Gasteiger partial charge in [0, 0.05) is 5.56 Å². The van der Waals surface area contributed by atoms with Crippen molar-refractivity contribution in [3.63, 3.8) is 0 Å². The van der Waals surface area contributed by atoms with Crippen molar-refractivity contribution in [1.82, 2.24) is 0 Å². The number of carbonyl (C=O) groups is 1. The highest BCUT2D eigenvalue weighted by Gasteiger charge is 2.12. The maximum Gasteiger partial charge on any atom is 0.338 e. The van der Waals surface area contributed by atoms with Gasteiger partial charge in [-0.2, -0.15) is 0 Å². The average molecular weight is 354 g/mol. The summed E-state index contributed by atoms with van der Waals surface area (Å²) in [6.45, 7) is -0.0386. The second kappa shape index (κ2) is 6.58. The van der Waals surface area contributed by atoms with Gasteiger partial charge in [-0.15, -0.1) is 0 Å². The van der Waals surface area contributed by atoms with Crippen LogP contribution in [0.1, 0.15) is 15.9 Å². The monoisotopic (exact) mass is 353 g/mol. The molecule has 6 heteroatoms. The SMILES string of the molecule is COc1ccc(C(=O)OCc2cccc(F)c2Br)cc1N. The molecule has 0 fully saturated rings. The molecule has 0 saturated carbocycles. The molecule has 0 aromatic heterocycles. The van der Waals surface area contributed by atoms with Gasteiger partial charge in [0.15, 0.2) is 0 Å². The van der Waals surface area contributed by atoms with Gasteiger partial charge in [-0.05, 0) is 40.2 Å². The van der Waals surface area contributed by atoms with Crippen molar-refractivity contribution in [2.24, 2.45) is 0 Å². The smallest absolute Gasteiger partial charge is 0.338 e. The molecule has 0 saturated heterocycles. The second-order valence-electron chi connectivity index (χ2n) is 4.25. The Morgan fingerprint density at radius 1 is 1.33 bits per heavy atom. The van der Waals surface area contributed by atoms with E-state index >= 15 is 0 Å². The number of benzene rings is 2.